The Morgan fingerprint density at radius 3 is 2.44 bits per heavy atom. The Morgan fingerprint density at radius 1 is 0.778 bits per heavy atom. The molecule has 0 heterocycles. The zero-order valence-corrected chi connectivity index (χ0v) is 15.6. The molecule has 0 bridgehead atoms. The van der Waals surface area contributed by atoms with E-state index in [0.717, 1.165) is 42.5 Å². The Bertz CT molecular complexity index is 930. The summed E-state index contributed by atoms with van der Waals surface area (Å²) in [6.07, 6.45) is 6.42. The molecule has 27 heavy (non-hydrogen) atoms. The lowest BCUT2D eigenvalue weighted by atomic mass is 9.90. The van der Waals surface area contributed by atoms with Crippen LogP contribution in [-0.4, -0.2) is 5.91 Å². The van der Waals surface area contributed by atoms with E-state index in [4.69, 9.17) is 0 Å². The predicted molar refractivity (Wildman–Crippen MR) is 111 cm³/mol. The first kappa shape index (κ1) is 17.5. The molecule has 0 spiro atoms. The average molecular weight is 355 g/mol. The van der Waals surface area contributed by atoms with Crippen LogP contribution >= 0.6 is 0 Å². The number of aryl methyl sites for hydroxylation is 3. The third-order valence-electron chi connectivity index (χ3n) is 5.43. The SMILES string of the molecule is O=C(Nc1cccc2c1CCCC2)c1ccccc1CCc1ccccc1. The van der Waals surface area contributed by atoms with Crippen LogP contribution in [-0.2, 0) is 25.7 Å². The van der Waals surface area contributed by atoms with Gasteiger partial charge in [0.25, 0.3) is 5.91 Å². The number of benzene rings is 3. The van der Waals surface area contributed by atoms with Gasteiger partial charge in [-0.25, -0.2) is 0 Å². The second kappa shape index (κ2) is 8.22. The fourth-order valence-electron chi connectivity index (χ4n) is 3.97. The molecule has 2 heteroatoms. The number of rotatable bonds is 5. The minimum atomic E-state index is -0.00219. The molecule has 2 nitrogen and oxygen atoms in total. The maximum absolute atomic E-state index is 13.0. The maximum atomic E-state index is 13.0. The number of hydrogen-bond donors (Lipinski definition) is 1. The molecule has 0 aromatic heterocycles. The van der Waals surface area contributed by atoms with Crippen LogP contribution in [0.5, 0.6) is 0 Å². The second-order valence-electron chi connectivity index (χ2n) is 7.25. The van der Waals surface area contributed by atoms with Crippen molar-refractivity contribution in [2.24, 2.45) is 0 Å². The van der Waals surface area contributed by atoms with Crippen LogP contribution in [0.15, 0.2) is 72.8 Å². The first-order chi connectivity index (χ1) is 13.3. The molecule has 136 valence electrons. The van der Waals surface area contributed by atoms with Gasteiger partial charge in [-0.1, -0.05) is 60.7 Å². The molecule has 1 aliphatic rings. The maximum Gasteiger partial charge on any atom is 0.255 e. The summed E-state index contributed by atoms with van der Waals surface area (Å²) in [5, 5.41) is 3.19. The summed E-state index contributed by atoms with van der Waals surface area (Å²) in [5.74, 6) is -0.00219. The van der Waals surface area contributed by atoms with Crippen LogP contribution in [0.3, 0.4) is 0 Å². The topological polar surface area (TPSA) is 29.1 Å². The van der Waals surface area contributed by atoms with E-state index in [1.165, 1.54) is 29.5 Å². The van der Waals surface area contributed by atoms with Gasteiger partial charge in [0.15, 0.2) is 0 Å². The molecule has 3 aromatic carbocycles. The average Bonchev–Trinajstić information content (AvgIpc) is 2.73. The van der Waals surface area contributed by atoms with Gasteiger partial charge >= 0.3 is 0 Å². The molecule has 3 aromatic rings. The van der Waals surface area contributed by atoms with E-state index in [1.54, 1.807) is 0 Å². The molecule has 1 N–H and O–H groups in total. The van der Waals surface area contributed by atoms with E-state index in [1.807, 2.05) is 30.3 Å². The molecule has 4 rings (SSSR count). The minimum absolute atomic E-state index is 0.00219. The van der Waals surface area contributed by atoms with E-state index in [0.29, 0.717) is 0 Å². The summed E-state index contributed by atoms with van der Waals surface area (Å²) in [4.78, 5) is 13.0. The lowest BCUT2D eigenvalue weighted by Gasteiger charge is -2.20. The van der Waals surface area contributed by atoms with Crippen molar-refractivity contribution in [3.05, 3.63) is 101 Å². The quantitative estimate of drug-likeness (QED) is 0.634. The number of anilines is 1. The summed E-state index contributed by atoms with van der Waals surface area (Å²) in [5.41, 5.74) is 6.86. The zero-order chi connectivity index (χ0) is 18.5. The smallest absolute Gasteiger partial charge is 0.255 e. The fraction of sp³-hybridized carbons (Fsp3) is 0.240. The normalized spacial score (nSPS) is 13.0. The van der Waals surface area contributed by atoms with Gasteiger partial charge in [0, 0.05) is 11.3 Å². The van der Waals surface area contributed by atoms with Crippen molar-refractivity contribution in [3.63, 3.8) is 0 Å². The van der Waals surface area contributed by atoms with Crippen LogP contribution in [0.4, 0.5) is 5.69 Å². The summed E-state index contributed by atoms with van der Waals surface area (Å²) >= 11 is 0. The molecule has 0 aliphatic heterocycles. The highest BCUT2D eigenvalue weighted by Gasteiger charge is 2.16. The highest BCUT2D eigenvalue weighted by Crippen LogP contribution is 2.28. The van der Waals surface area contributed by atoms with Gasteiger partial charge < -0.3 is 5.32 Å². The summed E-state index contributed by atoms with van der Waals surface area (Å²) < 4.78 is 0. The predicted octanol–water partition coefficient (Wildman–Crippen LogP) is 5.60. The Morgan fingerprint density at radius 2 is 1.56 bits per heavy atom. The van der Waals surface area contributed by atoms with Gasteiger partial charge in [-0.05, 0) is 72.9 Å². The van der Waals surface area contributed by atoms with Crippen molar-refractivity contribution in [1.29, 1.82) is 0 Å². The monoisotopic (exact) mass is 355 g/mol. The molecule has 1 amide bonds. The van der Waals surface area contributed by atoms with E-state index in [-0.39, 0.29) is 5.91 Å². The second-order valence-corrected chi connectivity index (χ2v) is 7.25. The van der Waals surface area contributed by atoms with Crippen molar-refractivity contribution >= 4 is 11.6 Å². The summed E-state index contributed by atoms with van der Waals surface area (Å²) in [7, 11) is 0. The molecular formula is C25H25NO. The standard InChI is InChI=1S/C25H25NO/c27-25(26-24-16-8-13-20-11-4-6-14-22(20)24)23-15-7-5-12-21(23)18-17-19-9-2-1-3-10-19/h1-3,5,7-10,12-13,15-16H,4,6,11,14,17-18H2,(H,26,27). The van der Waals surface area contributed by atoms with Crippen molar-refractivity contribution in [3.8, 4) is 0 Å². The number of hydrogen-bond acceptors (Lipinski definition) is 1. The lowest BCUT2D eigenvalue weighted by molar-refractivity contribution is 0.102. The van der Waals surface area contributed by atoms with Crippen LogP contribution in [0.2, 0.25) is 0 Å². The van der Waals surface area contributed by atoms with Gasteiger partial charge in [-0.15, -0.1) is 0 Å². The van der Waals surface area contributed by atoms with E-state index >= 15 is 0 Å². The van der Waals surface area contributed by atoms with Crippen LogP contribution in [0.1, 0.15) is 45.5 Å². The van der Waals surface area contributed by atoms with Gasteiger partial charge in [0.2, 0.25) is 0 Å². The van der Waals surface area contributed by atoms with Crippen molar-refractivity contribution in [2.75, 3.05) is 5.32 Å². The highest BCUT2D eigenvalue weighted by atomic mass is 16.1. The number of carbonyl (C=O) groups excluding carboxylic acids is 1. The number of nitrogens with one attached hydrogen (secondary N) is 1. The Labute approximate surface area is 161 Å². The van der Waals surface area contributed by atoms with E-state index in [2.05, 4.69) is 47.8 Å². The van der Waals surface area contributed by atoms with Crippen molar-refractivity contribution in [2.45, 2.75) is 38.5 Å². The fourth-order valence-corrected chi connectivity index (χ4v) is 3.97. The van der Waals surface area contributed by atoms with E-state index in [9.17, 15) is 4.79 Å². The van der Waals surface area contributed by atoms with E-state index < -0.39 is 0 Å². The van der Waals surface area contributed by atoms with Gasteiger partial charge in [-0.2, -0.15) is 0 Å². The molecule has 1 aliphatic carbocycles. The highest BCUT2D eigenvalue weighted by molar-refractivity contribution is 6.05. The molecule has 0 fully saturated rings. The van der Waals surface area contributed by atoms with Gasteiger partial charge in [0.05, 0.1) is 0 Å². The zero-order valence-electron chi connectivity index (χ0n) is 15.6. The number of fused-ring (bicyclic) bond motifs is 1. The Hall–Kier alpha value is -2.87. The first-order valence-electron chi connectivity index (χ1n) is 9.85. The molecule has 0 atom stereocenters. The van der Waals surface area contributed by atoms with Crippen molar-refractivity contribution < 1.29 is 4.79 Å². The minimum Gasteiger partial charge on any atom is -0.322 e. The molecule has 0 saturated carbocycles. The summed E-state index contributed by atoms with van der Waals surface area (Å²) in [6.45, 7) is 0. The lowest BCUT2D eigenvalue weighted by Crippen LogP contribution is -2.17. The Balaban J connectivity index is 1.53. The Kier molecular flexibility index (Phi) is 5.34. The third kappa shape index (κ3) is 4.11. The van der Waals surface area contributed by atoms with Crippen LogP contribution in [0, 0.1) is 0 Å². The molecule has 0 radical (unpaired) electrons. The number of amides is 1. The first-order valence-corrected chi connectivity index (χ1v) is 9.85. The molecular weight excluding hydrogens is 330 g/mol. The van der Waals surface area contributed by atoms with Gasteiger partial charge in [-0.3, -0.25) is 4.79 Å². The van der Waals surface area contributed by atoms with Gasteiger partial charge in [0.1, 0.15) is 0 Å². The largest absolute Gasteiger partial charge is 0.322 e. The number of carbonyl (C=O) groups is 1. The third-order valence-corrected chi connectivity index (χ3v) is 5.43. The molecule has 0 unspecified atom stereocenters. The van der Waals surface area contributed by atoms with Crippen LogP contribution < -0.4 is 5.32 Å². The van der Waals surface area contributed by atoms with Crippen molar-refractivity contribution in [1.82, 2.24) is 0 Å². The molecule has 0 saturated heterocycles. The van der Waals surface area contributed by atoms with Crippen LogP contribution in [0.25, 0.3) is 0 Å². The summed E-state index contributed by atoms with van der Waals surface area (Å²) in [6, 6.07) is 24.7.